The second-order valence-electron chi connectivity index (χ2n) is 7.15. The summed E-state index contributed by atoms with van der Waals surface area (Å²) in [7, 11) is 0. The number of hydrogen-bond acceptors (Lipinski definition) is 5. The standard InChI is InChI=1S/C20H26N4OS/c25-20(18-14-21-19(26-18)15-23-8-1-2-9-23)22-13-16-6-5-7-17(12-16)24-10-3-4-11-24/h5-7,12,14H,1-4,8-11,13,15H2,(H,22,25). The van der Waals surface area contributed by atoms with E-state index >= 15 is 0 Å². The number of aromatic nitrogens is 1. The molecule has 0 unspecified atom stereocenters. The van der Waals surface area contributed by atoms with E-state index in [1.807, 2.05) is 0 Å². The zero-order valence-electron chi connectivity index (χ0n) is 15.1. The maximum absolute atomic E-state index is 12.4. The molecule has 2 aromatic rings. The first kappa shape index (κ1) is 17.5. The van der Waals surface area contributed by atoms with Crippen molar-refractivity contribution in [3.63, 3.8) is 0 Å². The van der Waals surface area contributed by atoms with Crippen LogP contribution in [0.25, 0.3) is 0 Å². The predicted molar refractivity (Wildman–Crippen MR) is 106 cm³/mol. The number of carbonyl (C=O) groups excluding carboxylic acids is 1. The highest BCUT2D eigenvalue weighted by Gasteiger charge is 2.16. The summed E-state index contributed by atoms with van der Waals surface area (Å²) in [6.45, 7) is 5.99. The molecule has 138 valence electrons. The third kappa shape index (κ3) is 4.24. The van der Waals surface area contributed by atoms with Gasteiger partial charge in [-0.15, -0.1) is 11.3 Å². The smallest absolute Gasteiger partial charge is 0.263 e. The Morgan fingerprint density at radius 1 is 1.12 bits per heavy atom. The minimum absolute atomic E-state index is 0.0262. The lowest BCUT2D eigenvalue weighted by atomic mass is 10.2. The normalized spacial score (nSPS) is 17.8. The lowest BCUT2D eigenvalue weighted by molar-refractivity contribution is 0.0955. The number of nitrogens with one attached hydrogen (secondary N) is 1. The van der Waals surface area contributed by atoms with Gasteiger partial charge in [0.1, 0.15) is 9.88 Å². The molecule has 6 heteroatoms. The zero-order chi connectivity index (χ0) is 17.8. The quantitative estimate of drug-likeness (QED) is 0.848. The molecule has 1 amide bonds. The van der Waals surface area contributed by atoms with Crippen LogP contribution in [-0.2, 0) is 13.1 Å². The van der Waals surface area contributed by atoms with Crippen LogP contribution >= 0.6 is 11.3 Å². The van der Waals surface area contributed by atoms with Crippen molar-refractivity contribution in [1.82, 2.24) is 15.2 Å². The molecule has 2 aliphatic rings. The molecule has 1 N–H and O–H groups in total. The monoisotopic (exact) mass is 370 g/mol. The molecule has 2 saturated heterocycles. The van der Waals surface area contributed by atoms with Crippen molar-refractivity contribution in [1.29, 1.82) is 0 Å². The molecule has 2 fully saturated rings. The molecule has 0 saturated carbocycles. The molecule has 4 rings (SSSR count). The van der Waals surface area contributed by atoms with E-state index in [0.29, 0.717) is 11.4 Å². The fourth-order valence-corrected chi connectivity index (χ4v) is 4.60. The van der Waals surface area contributed by atoms with Gasteiger partial charge >= 0.3 is 0 Å². The van der Waals surface area contributed by atoms with Crippen LogP contribution in [0.5, 0.6) is 0 Å². The molecule has 0 radical (unpaired) electrons. The number of amides is 1. The second-order valence-corrected chi connectivity index (χ2v) is 8.26. The fraction of sp³-hybridized carbons (Fsp3) is 0.500. The van der Waals surface area contributed by atoms with Crippen LogP contribution in [0.4, 0.5) is 5.69 Å². The van der Waals surface area contributed by atoms with Crippen molar-refractivity contribution in [3.8, 4) is 0 Å². The molecule has 3 heterocycles. The maximum Gasteiger partial charge on any atom is 0.263 e. The molecule has 0 spiro atoms. The summed E-state index contributed by atoms with van der Waals surface area (Å²) in [6, 6.07) is 8.50. The molecule has 0 bridgehead atoms. The minimum Gasteiger partial charge on any atom is -0.372 e. The third-order valence-corrected chi connectivity index (χ3v) is 6.15. The summed E-state index contributed by atoms with van der Waals surface area (Å²) < 4.78 is 0. The second kappa shape index (κ2) is 8.18. The van der Waals surface area contributed by atoms with E-state index in [-0.39, 0.29) is 5.91 Å². The Balaban J connectivity index is 1.32. The van der Waals surface area contributed by atoms with Crippen molar-refractivity contribution in [2.24, 2.45) is 0 Å². The van der Waals surface area contributed by atoms with Gasteiger partial charge in [0.05, 0.1) is 12.7 Å². The summed E-state index contributed by atoms with van der Waals surface area (Å²) in [5.74, 6) is -0.0262. The van der Waals surface area contributed by atoms with Crippen LogP contribution in [0.1, 0.15) is 45.9 Å². The average Bonchev–Trinajstić information content (AvgIpc) is 3.42. The molecule has 2 aliphatic heterocycles. The van der Waals surface area contributed by atoms with Crippen LogP contribution in [-0.4, -0.2) is 42.0 Å². The summed E-state index contributed by atoms with van der Waals surface area (Å²) >= 11 is 1.51. The molecule has 26 heavy (non-hydrogen) atoms. The topological polar surface area (TPSA) is 48.5 Å². The number of rotatable bonds is 6. The number of hydrogen-bond donors (Lipinski definition) is 1. The Morgan fingerprint density at radius 2 is 1.88 bits per heavy atom. The van der Waals surface area contributed by atoms with Gasteiger partial charge in [0.25, 0.3) is 5.91 Å². The Labute approximate surface area is 159 Å². The Bertz CT molecular complexity index is 748. The van der Waals surface area contributed by atoms with Crippen molar-refractivity contribution in [2.75, 3.05) is 31.1 Å². The predicted octanol–water partition coefficient (Wildman–Crippen LogP) is 3.27. The van der Waals surface area contributed by atoms with E-state index in [0.717, 1.165) is 43.3 Å². The van der Waals surface area contributed by atoms with E-state index < -0.39 is 0 Å². The fourth-order valence-electron chi connectivity index (χ4n) is 3.73. The van der Waals surface area contributed by atoms with Crippen molar-refractivity contribution in [2.45, 2.75) is 38.8 Å². The molecular formula is C20H26N4OS. The Hall–Kier alpha value is -1.92. The average molecular weight is 371 g/mol. The Kier molecular flexibility index (Phi) is 5.51. The summed E-state index contributed by atoms with van der Waals surface area (Å²) in [5.41, 5.74) is 2.41. The number of nitrogens with zero attached hydrogens (tertiary/aromatic N) is 3. The first-order valence-electron chi connectivity index (χ1n) is 9.57. The number of likely N-dealkylation sites (tertiary alicyclic amines) is 1. The summed E-state index contributed by atoms with van der Waals surface area (Å²) in [4.78, 5) is 22.4. The highest BCUT2D eigenvalue weighted by atomic mass is 32.1. The van der Waals surface area contributed by atoms with E-state index in [9.17, 15) is 4.79 Å². The first-order chi connectivity index (χ1) is 12.8. The van der Waals surface area contributed by atoms with E-state index in [1.165, 1.54) is 42.7 Å². The van der Waals surface area contributed by atoms with E-state index in [4.69, 9.17) is 0 Å². The van der Waals surface area contributed by atoms with Crippen molar-refractivity contribution < 1.29 is 4.79 Å². The summed E-state index contributed by atoms with van der Waals surface area (Å²) in [5, 5.41) is 4.07. The van der Waals surface area contributed by atoms with Crippen LogP contribution in [0, 0.1) is 0 Å². The van der Waals surface area contributed by atoms with Crippen LogP contribution < -0.4 is 10.2 Å². The summed E-state index contributed by atoms with van der Waals surface area (Å²) in [6.07, 6.45) is 6.80. The van der Waals surface area contributed by atoms with Gasteiger partial charge in [-0.25, -0.2) is 4.98 Å². The van der Waals surface area contributed by atoms with Crippen LogP contribution in [0.15, 0.2) is 30.5 Å². The Morgan fingerprint density at radius 3 is 2.69 bits per heavy atom. The number of anilines is 1. The number of thiazole rings is 1. The maximum atomic E-state index is 12.4. The molecule has 5 nitrogen and oxygen atoms in total. The molecule has 1 aromatic carbocycles. The lowest BCUT2D eigenvalue weighted by Crippen LogP contribution is -2.22. The molecular weight excluding hydrogens is 344 g/mol. The van der Waals surface area contributed by atoms with E-state index in [1.54, 1.807) is 6.20 Å². The largest absolute Gasteiger partial charge is 0.372 e. The van der Waals surface area contributed by atoms with Gasteiger partial charge in [-0.3, -0.25) is 9.69 Å². The zero-order valence-corrected chi connectivity index (χ0v) is 15.9. The van der Waals surface area contributed by atoms with Gasteiger partial charge in [-0.1, -0.05) is 12.1 Å². The number of carbonyl (C=O) groups is 1. The van der Waals surface area contributed by atoms with Gasteiger partial charge in [0, 0.05) is 25.3 Å². The molecule has 0 atom stereocenters. The van der Waals surface area contributed by atoms with Gasteiger partial charge in [-0.05, 0) is 56.5 Å². The highest BCUT2D eigenvalue weighted by Crippen LogP contribution is 2.21. The van der Waals surface area contributed by atoms with Crippen LogP contribution in [0.2, 0.25) is 0 Å². The van der Waals surface area contributed by atoms with Crippen molar-refractivity contribution in [3.05, 3.63) is 45.9 Å². The third-order valence-electron chi connectivity index (χ3n) is 5.17. The van der Waals surface area contributed by atoms with Gasteiger partial charge < -0.3 is 10.2 Å². The van der Waals surface area contributed by atoms with Gasteiger partial charge in [-0.2, -0.15) is 0 Å². The lowest BCUT2D eigenvalue weighted by Gasteiger charge is -2.18. The SMILES string of the molecule is O=C(NCc1cccc(N2CCCC2)c1)c1cnc(CN2CCCC2)s1. The van der Waals surface area contributed by atoms with E-state index in [2.05, 4.69) is 44.4 Å². The minimum atomic E-state index is -0.0262. The van der Waals surface area contributed by atoms with Crippen molar-refractivity contribution >= 4 is 22.9 Å². The molecule has 0 aliphatic carbocycles. The first-order valence-corrected chi connectivity index (χ1v) is 10.4. The molecule has 1 aromatic heterocycles. The van der Waals surface area contributed by atoms with Crippen LogP contribution in [0.3, 0.4) is 0 Å². The highest BCUT2D eigenvalue weighted by molar-refractivity contribution is 7.13. The van der Waals surface area contributed by atoms with Gasteiger partial charge in [0.15, 0.2) is 0 Å². The number of benzene rings is 1. The van der Waals surface area contributed by atoms with Gasteiger partial charge in [0.2, 0.25) is 0 Å².